The molecule has 1 aromatic heterocycles. The largest absolute Gasteiger partial charge is 0.320 e. The van der Waals surface area contributed by atoms with Crippen molar-refractivity contribution in [2.75, 3.05) is 33.2 Å². The molecule has 3 rings (SSSR count). The lowest BCUT2D eigenvalue weighted by Gasteiger charge is -2.32. The van der Waals surface area contributed by atoms with Crippen molar-refractivity contribution in [3.05, 3.63) is 53.9 Å². The number of hydrogen-bond acceptors (Lipinski definition) is 3. The van der Waals surface area contributed by atoms with Crippen LogP contribution in [0.1, 0.15) is 11.3 Å². The normalized spacial score (nSPS) is 16.8. The van der Waals surface area contributed by atoms with Gasteiger partial charge >= 0.3 is 0 Å². The van der Waals surface area contributed by atoms with Gasteiger partial charge in [-0.3, -0.25) is 4.90 Å². The Hall–Kier alpha value is -2.09. The summed E-state index contributed by atoms with van der Waals surface area (Å²) < 4.78 is 2.21. The van der Waals surface area contributed by atoms with Crippen LogP contribution in [0.2, 0.25) is 0 Å². The Bertz CT molecular complexity index is 628. The van der Waals surface area contributed by atoms with Gasteiger partial charge in [0.15, 0.2) is 0 Å². The lowest BCUT2D eigenvalue weighted by atomic mass is 10.2. The van der Waals surface area contributed by atoms with Crippen LogP contribution >= 0.6 is 0 Å². The predicted octanol–water partition coefficient (Wildman–Crippen LogP) is 2.10. The number of piperazine rings is 1. The van der Waals surface area contributed by atoms with Gasteiger partial charge in [-0.25, -0.2) is 0 Å². The summed E-state index contributed by atoms with van der Waals surface area (Å²) in [5.41, 5.74) is 3.11. The molecule has 0 aliphatic carbocycles. The number of benzene rings is 1. The second-order valence-electron chi connectivity index (χ2n) is 5.61. The average Bonchev–Trinajstić information content (AvgIpc) is 2.98. The third kappa shape index (κ3) is 3.15. The molecule has 0 atom stereocenters. The fraction of sp³-hybridized carbons (Fsp3) is 0.353. The van der Waals surface area contributed by atoms with E-state index >= 15 is 0 Å². The molecule has 0 radical (unpaired) electrons. The number of hydrogen-bond donors (Lipinski definition) is 0. The monoisotopic (exact) mass is 280 g/mol. The molecule has 4 nitrogen and oxygen atoms in total. The molecule has 0 unspecified atom stereocenters. The Labute approximate surface area is 125 Å². The number of rotatable bonds is 3. The van der Waals surface area contributed by atoms with E-state index in [0.717, 1.165) is 38.4 Å². The topological polar surface area (TPSA) is 35.2 Å². The fourth-order valence-corrected chi connectivity index (χ4v) is 2.73. The highest BCUT2D eigenvalue weighted by Gasteiger charge is 2.15. The molecule has 4 heteroatoms. The highest BCUT2D eigenvalue weighted by atomic mass is 15.2. The minimum Gasteiger partial charge on any atom is -0.320 e. The third-order valence-electron chi connectivity index (χ3n) is 4.09. The Kier molecular flexibility index (Phi) is 4.05. The maximum Gasteiger partial charge on any atom is 0.0991 e. The van der Waals surface area contributed by atoms with E-state index in [1.54, 1.807) is 0 Å². The summed E-state index contributed by atoms with van der Waals surface area (Å²) in [5, 5.41) is 8.88. The van der Waals surface area contributed by atoms with Crippen molar-refractivity contribution in [3.8, 4) is 11.8 Å². The van der Waals surface area contributed by atoms with E-state index in [1.165, 1.54) is 5.69 Å². The minimum atomic E-state index is 0.700. The van der Waals surface area contributed by atoms with Crippen LogP contribution in [-0.2, 0) is 6.54 Å². The van der Waals surface area contributed by atoms with E-state index < -0.39 is 0 Å². The molecule has 0 bridgehead atoms. The molecule has 2 heterocycles. The quantitative estimate of drug-likeness (QED) is 0.863. The molecule has 1 fully saturated rings. The molecule has 21 heavy (non-hydrogen) atoms. The number of likely N-dealkylation sites (N-methyl/N-ethyl adjacent to an activating group) is 1. The molecule has 108 valence electrons. The lowest BCUT2D eigenvalue weighted by molar-refractivity contribution is 0.146. The molecule has 0 amide bonds. The van der Waals surface area contributed by atoms with Gasteiger partial charge in [0, 0.05) is 50.3 Å². The minimum absolute atomic E-state index is 0.700. The second kappa shape index (κ2) is 6.13. The SMILES string of the molecule is CN1CCN(Cc2cccn2-c2ccc(C#N)cc2)CC1. The Morgan fingerprint density at radius 2 is 1.76 bits per heavy atom. The third-order valence-corrected chi connectivity index (χ3v) is 4.09. The van der Waals surface area contributed by atoms with Crippen molar-refractivity contribution in [2.24, 2.45) is 0 Å². The van der Waals surface area contributed by atoms with Crippen LogP contribution in [0, 0.1) is 11.3 Å². The predicted molar refractivity (Wildman–Crippen MR) is 83.3 cm³/mol. The van der Waals surface area contributed by atoms with E-state index in [2.05, 4.69) is 45.8 Å². The van der Waals surface area contributed by atoms with Gasteiger partial charge in [-0.15, -0.1) is 0 Å². The van der Waals surface area contributed by atoms with Crippen molar-refractivity contribution in [1.29, 1.82) is 5.26 Å². The molecule has 0 saturated carbocycles. The number of nitrogens with zero attached hydrogens (tertiary/aromatic N) is 4. The van der Waals surface area contributed by atoms with Crippen LogP contribution in [0.15, 0.2) is 42.6 Å². The average molecular weight is 280 g/mol. The molecule has 0 N–H and O–H groups in total. The van der Waals surface area contributed by atoms with Crippen LogP contribution in [0.5, 0.6) is 0 Å². The molecule has 1 aromatic carbocycles. The molecular weight excluding hydrogens is 260 g/mol. The van der Waals surface area contributed by atoms with E-state index in [9.17, 15) is 0 Å². The van der Waals surface area contributed by atoms with Crippen molar-refractivity contribution in [1.82, 2.24) is 14.4 Å². The van der Waals surface area contributed by atoms with Crippen molar-refractivity contribution >= 4 is 0 Å². The zero-order chi connectivity index (χ0) is 14.7. The first-order chi connectivity index (χ1) is 10.3. The Balaban J connectivity index is 1.75. The van der Waals surface area contributed by atoms with E-state index in [-0.39, 0.29) is 0 Å². The fourth-order valence-electron chi connectivity index (χ4n) is 2.73. The van der Waals surface area contributed by atoms with Gasteiger partial charge in [0.05, 0.1) is 11.6 Å². The molecule has 1 saturated heterocycles. The molecular formula is C17H20N4. The van der Waals surface area contributed by atoms with Crippen molar-refractivity contribution in [2.45, 2.75) is 6.54 Å². The van der Waals surface area contributed by atoms with Gasteiger partial charge in [0.2, 0.25) is 0 Å². The second-order valence-corrected chi connectivity index (χ2v) is 5.61. The van der Waals surface area contributed by atoms with Crippen LogP contribution in [0.3, 0.4) is 0 Å². The first kappa shape index (κ1) is 13.9. The van der Waals surface area contributed by atoms with E-state index in [1.807, 2.05) is 24.3 Å². The summed E-state index contributed by atoms with van der Waals surface area (Å²) in [4.78, 5) is 4.87. The summed E-state index contributed by atoms with van der Waals surface area (Å²) in [6.07, 6.45) is 2.09. The summed E-state index contributed by atoms with van der Waals surface area (Å²) in [5.74, 6) is 0. The summed E-state index contributed by atoms with van der Waals surface area (Å²) in [7, 11) is 2.18. The maximum absolute atomic E-state index is 8.88. The molecule has 1 aliphatic rings. The zero-order valence-corrected chi connectivity index (χ0v) is 12.4. The number of aromatic nitrogens is 1. The van der Waals surface area contributed by atoms with Crippen LogP contribution < -0.4 is 0 Å². The first-order valence-corrected chi connectivity index (χ1v) is 7.34. The van der Waals surface area contributed by atoms with Crippen molar-refractivity contribution in [3.63, 3.8) is 0 Å². The van der Waals surface area contributed by atoms with E-state index in [4.69, 9.17) is 5.26 Å². The Morgan fingerprint density at radius 3 is 2.43 bits per heavy atom. The summed E-state index contributed by atoms with van der Waals surface area (Å²) in [6.45, 7) is 5.49. The Morgan fingerprint density at radius 1 is 1.05 bits per heavy atom. The zero-order valence-electron chi connectivity index (χ0n) is 12.4. The van der Waals surface area contributed by atoms with Crippen LogP contribution in [0.25, 0.3) is 5.69 Å². The van der Waals surface area contributed by atoms with Crippen molar-refractivity contribution < 1.29 is 0 Å². The molecule has 1 aliphatic heterocycles. The van der Waals surface area contributed by atoms with Gasteiger partial charge in [-0.05, 0) is 43.4 Å². The van der Waals surface area contributed by atoms with Gasteiger partial charge in [0.1, 0.15) is 0 Å². The van der Waals surface area contributed by atoms with Gasteiger partial charge in [-0.1, -0.05) is 0 Å². The maximum atomic E-state index is 8.88. The highest BCUT2D eigenvalue weighted by molar-refractivity contribution is 5.41. The van der Waals surface area contributed by atoms with Gasteiger partial charge in [0.25, 0.3) is 0 Å². The van der Waals surface area contributed by atoms with Crippen LogP contribution in [0.4, 0.5) is 0 Å². The molecule has 2 aromatic rings. The standard InChI is InChI=1S/C17H20N4/c1-19-9-11-20(12-10-19)14-17-3-2-8-21(17)16-6-4-15(13-18)5-7-16/h2-8H,9-12,14H2,1H3. The smallest absolute Gasteiger partial charge is 0.0991 e. The lowest BCUT2D eigenvalue weighted by Crippen LogP contribution is -2.44. The summed E-state index contributed by atoms with van der Waals surface area (Å²) in [6, 6.07) is 14.2. The highest BCUT2D eigenvalue weighted by Crippen LogP contribution is 2.16. The summed E-state index contributed by atoms with van der Waals surface area (Å²) >= 11 is 0. The van der Waals surface area contributed by atoms with Crippen LogP contribution in [-0.4, -0.2) is 47.6 Å². The van der Waals surface area contributed by atoms with Gasteiger partial charge in [-0.2, -0.15) is 5.26 Å². The first-order valence-electron chi connectivity index (χ1n) is 7.34. The van der Waals surface area contributed by atoms with Gasteiger partial charge < -0.3 is 9.47 Å². The number of nitriles is 1. The molecule has 0 spiro atoms. The van der Waals surface area contributed by atoms with E-state index in [0.29, 0.717) is 5.56 Å².